The molecule has 0 aliphatic carbocycles. The van der Waals surface area contributed by atoms with Gasteiger partial charge >= 0.3 is 0 Å². The zero-order valence-electron chi connectivity index (χ0n) is 16.5. The maximum atomic E-state index is 3.21. The molecular weight excluding hydrogens is 278 g/mol. The van der Waals surface area contributed by atoms with E-state index in [1.54, 1.807) is 0 Å². The second-order valence-corrected chi connectivity index (χ2v) is 7.04. The molecule has 0 heterocycles. The van der Waals surface area contributed by atoms with Gasteiger partial charge in [0.05, 0.1) is 6.54 Å². The van der Waals surface area contributed by atoms with Crippen LogP contribution in [0.4, 0.5) is 0 Å². The third kappa shape index (κ3) is 19.5. The van der Waals surface area contributed by atoms with Crippen LogP contribution in [0.2, 0.25) is 0 Å². The normalized spacial score (nSPS) is 10.8. The van der Waals surface area contributed by atoms with Crippen molar-refractivity contribution in [3.63, 3.8) is 0 Å². The van der Waals surface area contributed by atoms with E-state index in [4.69, 9.17) is 0 Å². The monoisotopic (exact) mass is 321 g/mol. The van der Waals surface area contributed by atoms with E-state index >= 15 is 0 Å². The van der Waals surface area contributed by atoms with E-state index in [0.717, 1.165) is 13.0 Å². The summed E-state index contributed by atoms with van der Waals surface area (Å²) < 4.78 is 0. The second-order valence-electron chi connectivity index (χ2n) is 7.04. The Morgan fingerprint density at radius 2 is 1.00 bits per heavy atom. The molecule has 0 aliphatic rings. The SMILES string of the molecule is CCC#CCN(C)CCCCCCCCCCCCCCCC. The van der Waals surface area contributed by atoms with E-state index < -0.39 is 0 Å². The van der Waals surface area contributed by atoms with Crippen molar-refractivity contribution in [2.75, 3.05) is 20.1 Å². The molecular formula is C22H43N. The van der Waals surface area contributed by atoms with Gasteiger partial charge in [0.2, 0.25) is 0 Å². The molecule has 0 saturated heterocycles. The van der Waals surface area contributed by atoms with E-state index in [2.05, 4.69) is 37.6 Å². The molecule has 0 bridgehead atoms. The largest absolute Gasteiger partial charge is 0.295 e. The van der Waals surface area contributed by atoms with Crippen molar-refractivity contribution in [2.24, 2.45) is 0 Å². The van der Waals surface area contributed by atoms with Crippen LogP contribution in [0.3, 0.4) is 0 Å². The van der Waals surface area contributed by atoms with Crippen molar-refractivity contribution in [2.45, 2.75) is 110 Å². The quantitative estimate of drug-likeness (QED) is 0.223. The Morgan fingerprint density at radius 3 is 1.43 bits per heavy atom. The lowest BCUT2D eigenvalue weighted by atomic mass is 10.0. The van der Waals surface area contributed by atoms with Gasteiger partial charge in [-0.25, -0.2) is 0 Å². The van der Waals surface area contributed by atoms with Gasteiger partial charge in [0, 0.05) is 6.42 Å². The lowest BCUT2D eigenvalue weighted by Gasteiger charge is -2.12. The molecule has 0 aliphatic heterocycles. The Morgan fingerprint density at radius 1 is 0.565 bits per heavy atom. The van der Waals surface area contributed by atoms with Crippen LogP contribution in [-0.4, -0.2) is 25.0 Å². The highest BCUT2D eigenvalue weighted by Gasteiger charge is 1.96. The Kier molecular flexibility index (Phi) is 19.2. The molecule has 0 aromatic rings. The van der Waals surface area contributed by atoms with E-state index in [1.165, 1.54) is 96.4 Å². The summed E-state index contributed by atoms with van der Waals surface area (Å²) in [5.41, 5.74) is 0. The summed E-state index contributed by atoms with van der Waals surface area (Å²) in [6.45, 7) is 6.55. The maximum Gasteiger partial charge on any atom is 0.0599 e. The number of rotatable bonds is 16. The van der Waals surface area contributed by atoms with Crippen LogP contribution in [0.1, 0.15) is 110 Å². The summed E-state index contributed by atoms with van der Waals surface area (Å²) in [6.07, 6.45) is 21.1. The minimum atomic E-state index is 0.937. The first-order chi connectivity index (χ1) is 11.3. The van der Waals surface area contributed by atoms with E-state index in [0.29, 0.717) is 0 Å². The minimum absolute atomic E-state index is 0.937. The van der Waals surface area contributed by atoms with Crippen molar-refractivity contribution < 1.29 is 0 Å². The minimum Gasteiger partial charge on any atom is -0.295 e. The van der Waals surface area contributed by atoms with Gasteiger partial charge in [0.1, 0.15) is 0 Å². The van der Waals surface area contributed by atoms with Crippen LogP contribution >= 0.6 is 0 Å². The maximum absolute atomic E-state index is 3.21. The molecule has 136 valence electrons. The predicted molar refractivity (Wildman–Crippen MR) is 106 cm³/mol. The van der Waals surface area contributed by atoms with E-state index in [1.807, 2.05) is 0 Å². The molecule has 0 rings (SSSR count). The molecule has 0 saturated carbocycles. The van der Waals surface area contributed by atoms with Gasteiger partial charge in [-0.1, -0.05) is 103 Å². The lowest BCUT2D eigenvalue weighted by molar-refractivity contribution is 0.360. The fraction of sp³-hybridized carbons (Fsp3) is 0.909. The summed E-state index contributed by atoms with van der Waals surface area (Å²) in [5, 5.41) is 0. The Hall–Kier alpha value is -0.480. The Bertz CT molecular complexity index is 273. The van der Waals surface area contributed by atoms with Crippen LogP contribution in [0.25, 0.3) is 0 Å². The van der Waals surface area contributed by atoms with Gasteiger partial charge in [-0.05, 0) is 20.0 Å². The molecule has 0 amide bonds. The molecule has 0 atom stereocenters. The highest BCUT2D eigenvalue weighted by molar-refractivity contribution is 4.99. The molecule has 0 radical (unpaired) electrons. The van der Waals surface area contributed by atoms with Gasteiger partial charge in [0.15, 0.2) is 0 Å². The molecule has 0 spiro atoms. The summed E-state index contributed by atoms with van der Waals surface area (Å²) >= 11 is 0. The number of hydrogen-bond acceptors (Lipinski definition) is 1. The highest BCUT2D eigenvalue weighted by Crippen LogP contribution is 2.12. The summed E-state index contributed by atoms with van der Waals surface area (Å²) in [4.78, 5) is 2.35. The lowest BCUT2D eigenvalue weighted by Crippen LogP contribution is -2.19. The molecule has 0 aromatic carbocycles. The summed E-state index contributed by atoms with van der Waals surface area (Å²) in [7, 11) is 2.19. The van der Waals surface area contributed by atoms with Crippen LogP contribution < -0.4 is 0 Å². The van der Waals surface area contributed by atoms with Gasteiger partial charge < -0.3 is 0 Å². The van der Waals surface area contributed by atoms with E-state index in [9.17, 15) is 0 Å². The van der Waals surface area contributed by atoms with Crippen molar-refractivity contribution in [3.05, 3.63) is 0 Å². The van der Waals surface area contributed by atoms with Crippen molar-refractivity contribution in [1.82, 2.24) is 4.90 Å². The first-order valence-electron chi connectivity index (χ1n) is 10.5. The standard InChI is InChI=1S/C22H43N/c1-4-6-8-9-10-11-12-13-14-15-16-17-18-20-22-23(3)21-19-7-5-2/h4-6,8-18,20-22H2,1-3H3. The number of hydrogen-bond donors (Lipinski definition) is 0. The Labute approximate surface area is 147 Å². The molecule has 23 heavy (non-hydrogen) atoms. The third-order valence-electron chi connectivity index (χ3n) is 4.54. The van der Waals surface area contributed by atoms with Gasteiger partial charge in [-0.15, -0.1) is 5.92 Å². The fourth-order valence-corrected chi connectivity index (χ4v) is 2.97. The van der Waals surface area contributed by atoms with E-state index in [-0.39, 0.29) is 0 Å². The molecule has 0 aromatic heterocycles. The molecule has 1 heteroatoms. The van der Waals surface area contributed by atoms with Gasteiger partial charge in [0.25, 0.3) is 0 Å². The molecule has 0 fully saturated rings. The van der Waals surface area contributed by atoms with Crippen molar-refractivity contribution in [3.8, 4) is 11.8 Å². The zero-order valence-corrected chi connectivity index (χ0v) is 16.5. The predicted octanol–water partition coefficient (Wildman–Crippen LogP) is 6.81. The van der Waals surface area contributed by atoms with Crippen LogP contribution in [-0.2, 0) is 0 Å². The second kappa shape index (κ2) is 19.6. The first-order valence-corrected chi connectivity index (χ1v) is 10.5. The first kappa shape index (κ1) is 22.5. The third-order valence-corrected chi connectivity index (χ3v) is 4.54. The zero-order chi connectivity index (χ0) is 17.0. The summed E-state index contributed by atoms with van der Waals surface area (Å²) in [5.74, 6) is 6.35. The summed E-state index contributed by atoms with van der Waals surface area (Å²) in [6, 6.07) is 0. The fourth-order valence-electron chi connectivity index (χ4n) is 2.97. The van der Waals surface area contributed by atoms with Crippen molar-refractivity contribution >= 4 is 0 Å². The van der Waals surface area contributed by atoms with Crippen molar-refractivity contribution in [1.29, 1.82) is 0 Å². The van der Waals surface area contributed by atoms with Crippen LogP contribution in [0.5, 0.6) is 0 Å². The molecule has 0 unspecified atom stereocenters. The van der Waals surface area contributed by atoms with Gasteiger partial charge in [-0.2, -0.15) is 0 Å². The topological polar surface area (TPSA) is 3.24 Å². The van der Waals surface area contributed by atoms with Crippen LogP contribution in [0, 0.1) is 11.8 Å². The number of unbranched alkanes of at least 4 members (excludes halogenated alkanes) is 13. The van der Waals surface area contributed by atoms with Crippen LogP contribution in [0.15, 0.2) is 0 Å². The number of nitrogens with zero attached hydrogens (tertiary/aromatic N) is 1. The average Bonchev–Trinajstić information content (AvgIpc) is 2.55. The smallest absolute Gasteiger partial charge is 0.0599 e. The molecule has 0 N–H and O–H groups in total. The highest BCUT2D eigenvalue weighted by atomic mass is 15.1. The Balaban J connectivity index is 3.10. The molecule has 1 nitrogen and oxygen atoms in total. The average molecular weight is 322 g/mol. The van der Waals surface area contributed by atoms with Gasteiger partial charge in [-0.3, -0.25) is 4.90 Å².